The van der Waals surface area contributed by atoms with E-state index in [1.807, 2.05) is 6.07 Å². The van der Waals surface area contributed by atoms with Gasteiger partial charge in [0.05, 0.1) is 5.92 Å². The zero-order valence-electron chi connectivity index (χ0n) is 11.2. The molecule has 0 radical (unpaired) electrons. The van der Waals surface area contributed by atoms with Crippen molar-refractivity contribution in [3.8, 4) is 0 Å². The summed E-state index contributed by atoms with van der Waals surface area (Å²) >= 11 is 0. The van der Waals surface area contributed by atoms with Gasteiger partial charge in [-0.2, -0.15) is 0 Å². The summed E-state index contributed by atoms with van der Waals surface area (Å²) in [5.41, 5.74) is 5.34. The van der Waals surface area contributed by atoms with Gasteiger partial charge in [-0.25, -0.2) is 9.97 Å². The molecule has 19 heavy (non-hydrogen) atoms. The molecule has 0 bridgehead atoms. The molecule has 0 aromatic carbocycles. The summed E-state index contributed by atoms with van der Waals surface area (Å²) in [4.78, 5) is 22.0. The predicted octanol–water partition coefficient (Wildman–Crippen LogP) is -0.0237. The number of ether oxygens (including phenoxy) is 1. The Labute approximate surface area is 112 Å². The number of carbonyl (C=O) groups excluding carboxylic acids is 1. The summed E-state index contributed by atoms with van der Waals surface area (Å²) in [6.07, 6.45) is 0.772. The van der Waals surface area contributed by atoms with Crippen molar-refractivity contribution in [3.05, 3.63) is 11.9 Å². The van der Waals surface area contributed by atoms with Crippen molar-refractivity contribution in [1.29, 1.82) is 0 Å². The number of rotatable bonds is 5. The number of methoxy groups -OCH3 is 1. The first-order chi connectivity index (χ1) is 9.13. The zero-order chi connectivity index (χ0) is 13.8. The molecule has 1 saturated heterocycles. The normalized spacial score (nSPS) is 18.6. The van der Waals surface area contributed by atoms with E-state index in [1.165, 1.54) is 0 Å². The highest BCUT2D eigenvalue weighted by molar-refractivity contribution is 5.78. The van der Waals surface area contributed by atoms with Crippen molar-refractivity contribution >= 4 is 17.5 Å². The first kappa shape index (κ1) is 13.5. The van der Waals surface area contributed by atoms with Gasteiger partial charge in [-0.05, 0) is 6.42 Å². The number of aromatic nitrogens is 2. The van der Waals surface area contributed by atoms with Crippen LogP contribution in [-0.2, 0) is 16.1 Å². The molecule has 7 nitrogen and oxygen atoms in total. The number of amides is 1. The number of nitrogens with one attached hydrogen (secondary N) is 1. The monoisotopic (exact) mass is 265 g/mol. The maximum absolute atomic E-state index is 11.2. The molecular formula is C12H19N5O2. The Bertz CT molecular complexity index is 465. The predicted molar refractivity (Wildman–Crippen MR) is 71.8 cm³/mol. The highest BCUT2D eigenvalue weighted by Gasteiger charge is 2.27. The van der Waals surface area contributed by atoms with E-state index < -0.39 is 0 Å². The topological polar surface area (TPSA) is 93.4 Å². The third-order valence-corrected chi connectivity index (χ3v) is 3.20. The fourth-order valence-electron chi connectivity index (χ4n) is 2.17. The summed E-state index contributed by atoms with van der Waals surface area (Å²) in [6, 6.07) is 1.86. The first-order valence-corrected chi connectivity index (χ1v) is 6.23. The number of hydrogen-bond donors (Lipinski definition) is 2. The molecule has 1 unspecified atom stereocenters. The summed E-state index contributed by atoms with van der Waals surface area (Å²) < 4.78 is 5.06. The van der Waals surface area contributed by atoms with Crippen molar-refractivity contribution in [2.45, 2.75) is 13.0 Å². The van der Waals surface area contributed by atoms with Gasteiger partial charge in [-0.3, -0.25) is 4.79 Å². The highest BCUT2D eigenvalue weighted by Crippen LogP contribution is 2.23. The Morgan fingerprint density at radius 2 is 2.42 bits per heavy atom. The minimum Gasteiger partial charge on any atom is -0.377 e. The lowest BCUT2D eigenvalue weighted by Gasteiger charge is -2.18. The van der Waals surface area contributed by atoms with Crippen molar-refractivity contribution in [3.63, 3.8) is 0 Å². The van der Waals surface area contributed by atoms with Gasteiger partial charge in [-0.1, -0.05) is 0 Å². The van der Waals surface area contributed by atoms with Gasteiger partial charge in [0, 0.05) is 33.3 Å². The van der Waals surface area contributed by atoms with E-state index in [2.05, 4.69) is 20.2 Å². The Kier molecular flexibility index (Phi) is 4.16. The number of nitrogens with two attached hydrogens (primary N) is 1. The van der Waals surface area contributed by atoms with Gasteiger partial charge >= 0.3 is 0 Å². The lowest BCUT2D eigenvalue weighted by Crippen LogP contribution is -2.28. The third kappa shape index (κ3) is 3.11. The second kappa shape index (κ2) is 5.83. The molecule has 2 rings (SSSR count). The van der Waals surface area contributed by atoms with Crippen molar-refractivity contribution in [2.24, 2.45) is 11.7 Å². The van der Waals surface area contributed by atoms with Crippen LogP contribution < -0.4 is 16.0 Å². The molecule has 0 spiro atoms. The molecule has 1 aliphatic rings. The van der Waals surface area contributed by atoms with E-state index in [-0.39, 0.29) is 11.8 Å². The minimum absolute atomic E-state index is 0.0983. The van der Waals surface area contributed by atoms with Crippen LogP contribution in [-0.4, -0.2) is 43.1 Å². The molecule has 1 atom stereocenters. The Hall–Kier alpha value is -1.89. The lowest BCUT2D eigenvalue weighted by molar-refractivity contribution is -0.121. The molecule has 0 aliphatic carbocycles. The first-order valence-electron chi connectivity index (χ1n) is 6.23. The molecule has 2 heterocycles. The van der Waals surface area contributed by atoms with Crippen LogP contribution in [0, 0.1) is 5.92 Å². The van der Waals surface area contributed by atoms with Crippen molar-refractivity contribution < 1.29 is 9.53 Å². The second-order valence-corrected chi connectivity index (χ2v) is 4.54. The quantitative estimate of drug-likeness (QED) is 0.777. The lowest BCUT2D eigenvalue weighted by atomic mass is 10.1. The van der Waals surface area contributed by atoms with Gasteiger partial charge < -0.3 is 20.7 Å². The van der Waals surface area contributed by atoms with E-state index in [4.69, 9.17) is 10.5 Å². The molecular weight excluding hydrogens is 246 g/mol. The standard InChI is InChI=1S/C12H19N5O2/c1-14-9-5-11(16-10(15-9)7-19-2)17-4-3-8(6-17)12(13)18/h5,8H,3-4,6-7H2,1-2H3,(H2,13,18)(H,14,15,16). The number of primary amides is 1. The molecule has 1 aromatic heterocycles. The van der Waals surface area contributed by atoms with Crippen LogP contribution in [0.2, 0.25) is 0 Å². The fourth-order valence-corrected chi connectivity index (χ4v) is 2.17. The molecule has 1 aromatic rings. The van der Waals surface area contributed by atoms with Crippen molar-refractivity contribution in [2.75, 3.05) is 37.5 Å². The van der Waals surface area contributed by atoms with Crippen LogP contribution in [0.1, 0.15) is 12.2 Å². The van der Waals surface area contributed by atoms with Crippen molar-refractivity contribution in [1.82, 2.24) is 9.97 Å². The van der Waals surface area contributed by atoms with Crippen LogP contribution >= 0.6 is 0 Å². The molecule has 104 valence electrons. The van der Waals surface area contributed by atoms with Crippen LogP contribution in [0.15, 0.2) is 6.07 Å². The highest BCUT2D eigenvalue weighted by atomic mass is 16.5. The van der Waals surface area contributed by atoms with Crippen LogP contribution in [0.5, 0.6) is 0 Å². The maximum Gasteiger partial charge on any atom is 0.222 e. The average molecular weight is 265 g/mol. The fraction of sp³-hybridized carbons (Fsp3) is 0.583. The summed E-state index contributed by atoms with van der Waals surface area (Å²) in [7, 11) is 3.41. The molecule has 1 fully saturated rings. The summed E-state index contributed by atoms with van der Waals surface area (Å²) in [6.45, 7) is 1.75. The smallest absolute Gasteiger partial charge is 0.222 e. The van der Waals surface area contributed by atoms with E-state index >= 15 is 0 Å². The van der Waals surface area contributed by atoms with Gasteiger partial charge in [-0.15, -0.1) is 0 Å². The number of nitrogens with zero attached hydrogens (tertiary/aromatic N) is 3. The maximum atomic E-state index is 11.2. The van der Waals surface area contributed by atoms with Crippen LogP contribution in [0.3, 0.4) is 0 Å². The van der Waals surface area contributed by atoms with Gasteiger partial charge in [0.1, 0.15) is 18.2 Å². The largest absolute Gasteiger partial charge is 0.377 e. The number of carbonyl (C=O) groups is 1. The SMILES string of the molecule is CNc1cc(N2CCC(C(N)=O)C2)nc(COC)n1. The van der Waals surface area contributed by atoms with Gasteiger partial charge in [0.25, 0.3) is 0 Å². The molecule has 1 aliphatic heterocycles. The Morgan fingerprint density at radius 3 is 3.00 bits per heavy atom. The summed E-state index contributed by atoms with van der Waals surface area (Å²) in [5, 5.41) is 3.00. The number of hydrogen-bond acceptors (Lipinski definition) is 6. The molecule has 3 N–H and O–H groups in total. The zero-order valence-corrected chi connectivity index (χ0v) is 11.2. The molecule has 1 amide bonds. The Morgan fingerprint density at radius 1 is 1.63 bits per heavy atom. The molecule has 0 saturated carbocycles. The molecule has 7 heteroatoms. The number of anilines is 2. The van der Waals surface area contributed by atoms with Crippen LogP contribution in [0.25, 0.3) is 0 Å². The van der Waals surface area contributed by atoms with E-state index in [0.717, 1.165) is 24.6 Å². The minimum atomic E-state index is -0.248. The van der Waals surface area contributed by atoms with E-state index in [9.17, 15) is 4.79 Å². The van der Waals surface area contributed by atoms with E-state index in [1.54, 1.807) is 14.2 Å². The van der Waals surface area contributed by atoms with Gasteiger partial charge in [0.15, 0.2) is 5.82 Å². The Balaban J connectivity index is 2.19. The van der Waals surface area contributed by atoms with Crippen LogP contribution in [0.4, 0.5) is 11.6 Å². The van der Waals surface area contributed by atoms with E-state index in [0.29, 0.717) is 19.0 Å². The second-order valence-electron chi connectivity index (χ2n) is 4.54. The third-order valence-electron chi connectivity index (χ3n) is 3.20. The van der Waals surface area contributed by atoms with Gasteiger partial charge in [0.2, 0.25) is 5.91 Å². The average Bonchev–Trinajstić information content (AvgIpc) is 2.88. The summed E-state index contributed by atoms with van der Waals surface area (Å²) in [5.74, 6) is 1.81.